The predicted molar refractivity (Wildman–Crippen MR) is 154 cm³/mol. The number of hydrogen-bond acceptors (Lipinski definition) is 6. The van der Waals surface area contributed by atoms with E-state index in [2.05, 4.69) is 74.0 Å². The number of fused-ring (bicyclic) bond motifs is 2. The first kappa shape index (κ1) is 25.8. The molecule has 1 saturated carbocycles. The number of hydrogen-bond donors (Lipinski definition) is 1. The van der Waals surface area contributed by atoms with Crippen LogP contribution in [0.3, 0.4) is 0 Å². The summed E-state index contributed by atoms with van der Waals surface area (Å²) in [5, 5.41) is 3.13. The Bertz CT molecular complexity index is 1340. The van der Waals surface area contributed by atoms with Gasteiger partial charge in [0.05, 0.1) is 32.8 Å². The molecule has 3 amide bonds. The first-order valence-electron chi connectivity index (χ1n) is 10.8. The molecular weight excluding hydrogens is 750 g/mol. The fraction of sp³-hybridized carbons (Fsp3) is 0.304. The van der Waals surface area contributed by atoms with Gasteiger partial charge < -0.3 is 5.32 Å². The van der Waals surface area contributed by atoms with Crippen LogP contribution >= 0.6 is 86.8 Å². The third-order valence-electron chi connectivity index (χ3n) is 6.01. The fourth-order valence-corrected chi connectivity index (χ4v) is 8.69. The Kier molecular flexibility index (Phi) is 7.77. The van der Waals surface area contributed by atoms with Crippen LogP contribution in [0.4, 0.5) is 5.69 Å². The van der Waals surface area contributed by atoms with E-state index in [0.717, 1.165) is 27.4 Å². The highest BCUT2D eigenvalue weighted by Gasteiger charge is 2.42. The minimum Gasteiger partial charge on any atom is -0.353 e. The summed E-state index contributed by atoms with van der Waals surface area (Å²) in [4.78, 5) is 44.7. The number of amides is 3. The molecule has 182 valence electrons. The quantitative estimate of drug-likeness (QED) is 0.125. The van der Waals surface area contributed by atoms with Crippen molar-refractivity contribution in [3.63, 3.8) is 0 Å². The van der Waals surface area contributed by atoms with Crippen molar-refractivity contribution in [2.24, 2.45) is 0 Å². The van der Waals surface area contributed by atoms with Gasteiger partial charge in [-0.05, 0) is 94.8 Å². The zero-order valence-electron chi connectivity index (χ0n) is 18.0. The van der Waals surface area contributed by atoms with Crippen molar-refractivity contribution >= 4 is 120 Å². The van der Waals surface area contributed by atoms with E-state index in [1.807, 2.05) is 0 Å². The zero-order chi connectivity index (χ0) is 24.9. The summed E-state index contributed by atoms with van der Waals surface area (Å²) in [7, 11) is 0. The van der Waals surface area contributed by atoms with Crippen LogP contribution in [-0.4, -0.2) is 34.5 Å². The number of aromatic nitrogens is 1. The SMILES string of the molecule is O=C(CSc1nc2ccc(N3C(=O)c4c(Br)c(Br)c(Br)c(Br)c4C3=O)cc2s1)NC1CCCCC1. The second-order valence-electron chi connectivity index (χ2n) is 8.27. The van der Waals surface area contributed by atoms with E-state index < -0.39 is 11.8 Å². The van der Waals surface area contributed by atoms with Crippen LogP contribution in [0.2, 0.25) is 0 Å². The molecule has 2 aliphatic rings. The summed E-state index contributed by atoms with van der Waals surface area (Å²) < 4.78 is 3.96. The lowest BCUT2D eigenvalue weighted by Gasteiger charge is -2.22. The van der Waals surface area contributed by atoms with Crippen LogP contribution in [-0.2, 0) is 4.79 Å². The standard InChI is InChI=1S/C23H17Br4N3O3S2/c24-17-15-16(18(25)20(27)19(17)26)22(33)30(21(15)32)11-6-7-12-13(8-11)35-23(29-12)34-9-14(31)28-10-4-2-1-3-5-10/h6-8,10H,1-5,9H2,(H,28,31). The van der Waals surface area contributed by atoms with Gasteiger partial charge in [0.2, 0.25) is 5.91 Å². The van der Waals surface area contributed by atoms with E-state index in [0.29, 0.717) is 40.5 Å². The largest absolute Gasteiger partial charge is 0.353 e. The Balaban J connectivity index is 1.35. The average molecular weight is 767 g/mol. The summed E-state index contributed by atoms with van der Waals surface area (Å²) in [6.45, 7) is 0. The lowest BCUT2D eigenvalue weighted by molar-refractivity contribution is -0.119. The highest BCUT2D eigenvalue weighted by Crippen LogP contribution is 2.46. The first-order chi connectivity index (χ1) is 16.8. The zero-order valence-corrected chi connectivity index (χ0v) is 26.0. The minimum atomic E-state index is -0.399. The van der Waals surface area contributed by atoms with Crippen molar-refractivity contribution in [1.29, 1.82) is 0 Å². The average Bonchev–Trinajstić information content (AvgIpc) is 3.37. The Morgan fingerprint density at radius 1 is 1.00 bits per heavy atom. The number of halogens is 4. The van der Waals surface area contributed by atoms with Crippen LogP contribution in [0.15, 0.2) is 40.4 Å². The molecule has 0 unspecified atom stereocenters. The fourth-order valence-electron chi connectivity index (χ4n) is 4.32. The van der Waals surface area contributed by atoms with E-state index in [1.54, 1.807) is 18.2 Å². The number of thiazole rings is 1. The molecule has 1 aromatic heterocycles. The molecule has 0 bridgehead atoms. The van der Waals surface area contributed by atoms with Gasteiger partial charge in [0.25, 0.3) is 11.8 Å². The highest BCUT2D eigenvalue weighted by atomic mass is 79.9. The maximum Gasteiger partial charge on any atom is 0.267 e. The number of carbonyl (C=O) groups is 3. The molecule has 2 heterocycles. The third-order valence-corrected chi connectivity index (χ3v) is 12.9. The number of imide groups is 1. The van der Waals surface area contributed by atoms with Crippen LogP contribution in [0.25, 0.3) is 10.2 Å². The molecule has 3 aromatic rings. The topological polar surface area (TPSA) is 79.4 Å². The van der Waals surface area contributed by atoms with Gasteiger partial charge in [-0.2, -0.15) is 0 Å². The number of benzene rings is 2. The Hall–Kier alpha value is -0.790. The molecule has 1 aliphatic carbocycles. The third kappa shape index (κ3) is 4.90. The molecule has 1 aliphatic heterocycles. The second kappa shape index (κ2) is 10.5. The molecule has 1 N–H and O–H groups in total. The summed E-state index contributed by atoms with van der Waals surface area (Å²) in [5.41, 5.74) is 1.85. The van der Waals surface area contributed by atoms with Crippen molar-refractivity contribution in [3.8, 4) is 0 Å². The van der Waals surface area contributed by atoms with Gasteiger partial charge in [0.15, 0.2) is 4.34 Å². The van der Waals surface area contributed by atoms with Crippen LogP contribution in [0.5, 0.6) is 0 Å². The van der Waals surface area contributed by atoms with E-state index in [-0.39, 0.29) is 11.9 Å². The van der Waals surface area contributed by atoms with Crippen molar-refractivity contribution in [1.82, 2.24) is 10.3 Å². The number of rotatable bonds is 5. The Labute approximate surface area is 243 Å². The maximum atomic E-state index is 13.3. The Morgan fingerprint density at radius 2 is 1.63 bits per heavy atom. The van der Waals surface area contributed by atoms with Crippen molar-refractivity contribution in [3.05, 3.63) is 47.2 Å². The summed E-state index contributed by atoms with van der Waals surface area (Å²) in [6, 6.07) is 5.61. The monoisotopic (exact) mass is 763 g/mol. The molecule has 0 radical (unpaired) electrons. The molecule has 5 rings (SSSR count). The smallest absolute Gasteiger partial charge is 0.267 e. The van der Waals surface area contributed by atoms with Gasteiger partial charge >= 0.3 is 0 Å². The molecule has 0 saturated heterocycles. The number of anilines is 1. The van der Waals surface area contributed by atoms with Crippen molar-refractivity contribution in [2.75, 3.05) is 10.7 Å². The van der Waals surface area contributed by atoms with Gasteiger partial charge in [0, 0.05) is 23.9 Å². The number of thioether (sulfide) groups is 1. The lowest BCUT2D eigenvalue weighted by atomic mass is 9.95. The molecule has 1 fully saturated rings. The molecular formula is C23H17Br4N3O3S2. The maximum absolute atomic E-state index is 13.3. The van der Waals surface area contributed by atoms with Crippen LogP contribution in [0.1, 0.15) is 52.8 Å². The number of carbonyl (C=O) groups excluding carboxylic acids is 3. The van der Waals surface area contributed by atoms with Gasteiger partial charge in [-0.15, -0.1) is 11.3 Å². The second-order valence-corrected chi connectivity index (χ2v) is 13.7. The van der Waals surface area contributed by atoms with E-state index in [1.165, 1.54) is 47.3 Å². The van der Waals surface area contributed by atoms with Gasteiger partial charge in [-0.25, -0.2) is 9.88 Å². The minimum absolute atomic E-state index is 0.0290. The van der Waals surface area contributed by atoms with Gasteiger partial charge in [-0.3, -0.25) is 14.4 Å². The van der Waals surface area contributed by atoms with Crippen molar-refractivity contribution in [2.45, 2.75) is 42.5 Å². The normalized spacial score (nSPS) is 16.3. The van der Waals surface area contributed by atoms with E-state index >= 15 is 0 Å². The molecule has 0 atom stereocenters. The Morgan fingerprint density at radius 3 is 2.26 bits per heavy atom. The molecule has 12 heteroatoms. The van der Waals surface area contributed by atoms with Gasteiger partial charge in [0.1, 0.15) is 0 Å². The summed E-state index contributed by atoms with van der Waals surface area (Å²) >= 11 is 16.6. The summed E-state index contributed by atoms with van der Waals surface area (Å²) in [6.07, 6.45) is 5.71. The van der Waals surface area contributed by atoms with E-state index in [4.69, 9.17) is 0 Å². The predicted octanol–water partition coefficient (Wildman–Crippen LogP) is 7.69. The lowest BCUT2D eigenvalue weighted by Crippen LogP contribution is -2.37. The van der Waals surface area contributed by atoms with Crippen molar-refractivity contribution < 1.29 is 14.4 Å². The van der Waals surface area contributed by atoms with E-state index in [9.17, 15) is 14.4 Å². The van der Waals surface area contributed by atoms with Crippen LogP contribution < -0.4 is 10.2 Å². The summed E-state index contributed by atoms with van der Waals surface area (Å²) in [5.74, 6) is -0.457. The molecule has 0 spiro atoms. The number of nitrogens with one attached hydrogen (secondary N) is 1. The first-order valence-corrected chi connectivity index (χ1v) is 15.8. The molecule has 6 nitrogen and oxygen atoms in total. The van der Waals surface area contributed by atoms with Gasteiger partial charge in [-0.1, -0.05) is 31.0 Å². The highest BCUT2D eigenvalue weighted by molar-refractivity contribution is 9.15. The molecule has 2 aromatic carbocycles. The van der Waals surface area contributed by atoms with Crippen LogP contribution in [0, 0.1) is 0 Å². The number of nitrogens with zero attached hydrogens (tertiary/aromatic N) is 2. The molecule has 35 heavy (non-hydrogen) atoms.